The molecule has 0 amide bonds. The third-order valence-electron chi connectivity index (χ3n) is 4.72. The van der Waals surface area contributed by atoms with Crippen molar-refractivity contribution in [1.29, 1.82) is 0 Å². The van der Waals surface area contributed by atoms with E-state index >= 15 is 0 Å². The highest BCUT2D eigenvalue weighted by Crippen LogP contribution is 2.26. The molecule has 1 aromatic carbocycles. The van der Waals surface area contributed by atoms with Crippen LogP contribution in [0.3, 0.4) is 0 Å². The van der Waals surface area contributed by atoms with Gasteiger partial charge >= 0.3 is 0 Å². The Morgan fingerprint density at radius 1 is 1.23 bits per heavy atom. The smallest absolute Gasteiger partial charge is 0.264 e. The van der Waals surface area contributed by atoms with E-state index < -0.39 is 5.82 Å². The van der Waals surface area contributed by atoms with Gasteiger partial charge in [0, 0.05) is 17.7 Å². The topological polar surface area (TPSA) is 81.9 Å². The van der Waals surface area contributed by atoms with Gasteiger partial charge in [0.05, 0.1) is 25.2 Å². The van der Waals surface area contributed by atoms with Gasteiger partial charge < -0.3 is 10.1 Å². The molecule has 7 nitrogen and oxygen atoms in total. The second-order valence-corrected chi connectivity index (χ2v) is 6.28. The van der Waals surface area contributed by atoms with Crippen LogP contribution in [-0.4, -0.2) is 39.9 Å². The van der Waals surface area contributed by atoms with Gasteiger partial charge in [-0.3, -0.25) is 9.36 Å². The molecule has 1 N–H and O–H groups in total. The molecule has 0 bridgehead atoms. The number of benzene rings is 1. The summed E-state index contributed by atoms with van der Waals surface area (Å²) < 4.78 is 21.4. The highest BCUT2D eigenvalue weighted by Gasteiger charge is 2.19. The Bertz CT molecular complexity index is 1010. The third-order valence-corrected chi connectivity index (χ3v) is 4.72. The van der Waals surface area contributed by atoms with Crippen molar-refractivity contribution in [3.05, 3.63) is 46.9 Å². The molecular weight excluding hydrogens is 337 g/mol. The molecule has 134 valence electrons. The van der Waals surface area contributed by atoms with Crippen LogP contribution >= 0.6 is 0 Å². The zero-order valence-corrected chi connectivity index (χ0v) is 14.3. The highest BCUT2D eigenvalue weighted by molar-refractivity contribution is 5.84. The Hall–Kier alpha value is -2.87. The molecule has 0 atom stereocenters. The van der Waals surface area contributed by atoms with Gasteiger partial charge in [-0.15, -0.1) is 5.10 Å². The summed E-state index contributed by atoms with van der Waals surface area (Å²) in [5.41, 5.74) is 1.19. The largest absolute Gasteiger partial charge is 0.480 e. The van der Waals surface area contributed by atoms with Crippen LogP contribution in [0.2, 0.25) is 0 Å². The molecule has 0 radical (unpaired) electrons. The fourth-order valence-corrected chi connectivity index (χ4v) is 3.33. The first-order valence-electron chi connectivity index (χ1n) is 8.45. The normalized spacial score (nSPS) is 15.3. The lowest BCUT2D eigenvalue weighted by atomic mass is 10.0. The van der Waals surface area contributed by atoms with E-state index in [1.807, 2.05) is 0 Å². The number of nitrogens with one attached hydrogen (secondary N) is 1. The van der Waals surface area contributed by atoms with Crippen LogP contribution in [0.25, 0.3) is 22.0 Å². The third kappa shape index (κ3) is 2.92. The van der Waals surface area contributed by atoms with Crippen molar-refractivity contribution in [3.63, 3.8) is 0 Å². The summed E-state index contributed by atoms with van der Waals surface area (Å²) in [5, 5.41) is 10.9. The Balaban J connectivity index is 1.82. The minimum Gasteiger partial charge on any atom is -0.480 e. The Morgan fingerprint density at radius 3 is 2.81 bits per heavy atom. The summed E-state index contributed by atoms with van der Waals surface area (Å²) >= 11 is 0. The first kappa shape index (κ1) is 16.6. The van der Waals surface area contributed by atoms with Crippen molar-refractivity contribution in [2.24, 2.45) is 0 Å². The molecule has 0 unspecified atom stereocenters. The van der Waals surface area contributed by atoms with Gasteiger partial charge in [0.15, 0.2) is 0 Å². The van der Waals surface area contributed by atoms with Crippen LogP contribution in [0, 0.1) is 5.82 Å². The molecule has 0 aliphatic carbocycles. The monoisotopic (exact) mass is 355 g/mol. The number of halogens is 1. The highest BCUT2D eigenvalue weighted by atomic mass is 19.1. The number of hydrogen-bond acceptors (Lipinski definition) is 6. The number of methoxy groups -OCH3 is 1. The van der Waals surface area contributed by atoms with E-state index in [1.165, 1.54) is 25.7 Å². The summed E-state index contributed by atoms with van der Waals surface area (Å²) in [4.78, 5) is 17.2. The van der Waals surface area contributed by atoms with Crippen LogP contribution in [0.5, 0.6) is 5.88 Å². The maximum Gasteiger partial charge on any atom is 0.264 e. The molecule has 0 spiro atoms. The number of nitrogens with zero attached hydrogens (tertiary/aromatic N) is 4. The molecule has 8 heteroatoms. The van der Waals surface area contributed by atoms with Gasteiger partial charge in [-0.25, -0.2) is 9.37 Å². The van der Waals surface area contributed by atoms with Gasteiger partial charge in [0.1, 0.15) is 11.2 Å². The number of ether oxygens (including phenoxy) is 1. The number of fused-ring (bicyclic) bond motifs is 1. The first-order valence-corrected chi connectivity index (χ1v) is 8.45. The van der Waals surface area contributed by atoms with Gasteiger partial charge in [-0.2, -0.15) is 5.10 Å². The molecule has 3 heterocycles. The van der Waals surface area contributed by atoms with Gasteiger partial charge in [0.2, 0.25) is 5.88 Å². The predicted molar refractivity (Wildman–Crippen MR) is 94.7 cm³/mol. The van der Waals surface area contributed by atoms with E-state index in [0.29, 0.717) is 22.5 Å². The summed E-state index contributed by atoms with van der Waals surface area (Å²) in [6, 6.07) is 4.72. The van der Waals surface area contributed by atoms with Gasteiger partial charge in [0.25, 0.3) is 5.56 Å². The van der Waals surface area contributed by atoms with E-state index in [9.17, 15) is 9.18 Å². The summed E-state index contributed by atoms with van der Waals surface area (Å²) in [7, 11) is 1.49. The van der Waals surface area contributed by atoms with Crippen LogP contribution in [0.1, 0.15) is 18.9 Å². The van der Waals surface area contributed by atoms with Crippen molar-refractivity contribution < 1.29 is 9.13 Å². The first-order chi connectivity index (χ1) is 12.7. The second-order valence-electron chi connectivity index (χ2n) is 6.28. The molecule has 2 aromatic heterocycles. The second kappa shape index (κ2) is 6.80. The molecule has 3 aromatic rings. The van der Waals surface area contributed by atoms with E-state index in [0.717, 1.165) is 25.9 Å². The van der Waals surface area contributed by atoms with Crippen molar-refractivity contribution in [2.75, 3.05) is 20.2 Å². The molecule has 1 saturated heterocycles. The zero-order valence-electron chi connectivity index (χ0n) is 14.3. The van der Waals surface area contributed by atoms with Gasteiger partial charge in [-0.1, -0.05) is 0 Å². The SMILES string of the molecule is COc1cc(-c2cc(F)c3c(=O)n(C4CCNCC4)cnc3c2)cnn1. The van der Waals surface area contributed by atoms with E-state index in [4.69, 9.17) is 4.74 Å². The molecule has 26 heavy (non-hydrogen) atoms. The lowest BCUT2D eigenvalue weighted by Crippen LogP contribution is -2.34. The minimum absolute atomic E-state index is 0.0174. The summed E-state index contributed by atoms with van der Waals surface area (Å²) in [6.07, 6.45) is 4.69. The Morgan fingerprint density at radius 2 is 2.04 bits per heavy atom. The van der Waals surface area contributed by atoms with Crippen molar-refractivity contribution in [2.45, 2.75) is 18.9 Å². The Labute approximate surface area is 148 Å². The minimum atomic E-state index is -0.589. The maximum atomic E-state index is 14.8. The molecule has 0 saturated carbocycles. The van der Waals surface area contributed by atoms with Crippen LogP contribution < -0.4 is 15.6 Å². The predicted octanol–water partition coefficient (Wildman–Crippen LogP) is 1.93. The van der Waals surface area contributed by atoms with Crippen molar-refractivity contribution >= 4 is 10.9 Å². The van der Waals surface area contributed by atoms with E-state index in [-0.39, 0.29) is 17.0 Å². The summed E-state index contributed by atoms with van der Waals surface area (Å²) in [6.45, 7) is 1.68. The fraction of sp³-hybridized carbons (Fsp3) is 0.333. The number of piperidine rings is 1. The average molecular weight is 355 g/mol. The molecule has 4 rings (SSSR count). The van der Waals surface area contributed by atoms with E-state index in [2.05, 4.69) is 20.5 Å². The fourth-order valence-electron chi connectivity index (χ4n) is 3.33. The van der Waals surface area contributed by atoms with Crippen molar-refractivity contribution in [1.82, 2.24) is 25.1 Å². The number of hydrogen-bond donors (Lipinski definition) is 1. The standard InChI is InChI=1S/C18H18FN5O2/c1-26-16-8-12(9-22-23-16)11-6-14(19)17-15(7-11)21-10-24(18(17)25)13-2-4-20-5-3-13/h6-10,13,20H,2-5H2,1H3. The number of aromatic nitrogens is 4. The molecule has 1 aliphatic heterocycles. The van der Waals surface area contributed by atoms with Gasteiger partial charge in [-0.05, 0) is 43.6 Å². The maximum absolute atomic E-state index is 14.8. The Kier molecular flexibility index (Phi) is 4.34. The zero-order chi connectivity index (χ0) is 18.1. The lowest BCUT2D eigenvalue weighted by molar-refractivity contribution is 0.359. The quantitative estimate of drug-likeness (QED) is 0.773. The molecule has 1 fully saturated rings. The van der Waals surface area contributed by atoms with Crippen LogP contribution in [0.15, 0.2) is 35.5 Å². The lowest BCUT2D eigenvalue weighted by Gasteiger charge is -2.24. The average Bonchev–Trinajstić information content (AvgIpc) is 2.68. The van der Waals surface area contributed by atoms with Crippen molar-refractivity contribution in [3.8, 4) is 17.0 Å². The van der Waals surface area contributed by atoms with E-state index in [1.54, 1.807) is 16.7 Å². The van der Waals surface area contributed by atoms with Crippen LogP contribution in [0.4, 0.5) is 4.39 Å². The summed E-state index contributed by atoms with van der Waals surface area (Å²) in [5.74, 6) is -0.258. The molecule has 1 aliphatic rings. The number of rotatable bonds is 3. The molecular formula is C18H18FN5O2. The van der Waals surface area contributed by atoms with Crippen LogP contribution in [-0.2, 0) is 0 Å².